The molecule has 37 heavy (non-hydrogen) atoms. The molecule has 0 spiro atoms. The minimum Gasteiger partial charge on any atom is -0.286 e. The lowest BCUT2D eigenvalue weighted by Crippen LogP contribution is -2.24. The third kappa shape index (κ3) is 6.82. The fourth-order valence-corrected chi connectivity index (χ4v) is 3.60. The van der Waals surface area contributed by atoms with Gasteiger partial charge in [-0.1, -0.05) is 76.2 Å². The molecule has 2 aromatic heterocycles. The molecule has 190 valence electrons. The van der Waals surface area contributed by atoms with Crippen molar-refractivity contribution >= 4 is 12.4 Å². The Balaban J connectivity index is 0.000000182. The van der Waals surface area contributed by atoms with Gasteiger partial charge in [0.1, 0.15) is 11.4 Å². The van der Waals surface area contributed by atoms with E-state index >= 15 is 0 Å². The zero-order chi connectivity index (χ0) is 26.6. The van der Waals surface area contributed by atoms with Gasteiger partial charge in [-0.25, -0.2) is 4.68 Å². The van der Waals surface area contributed by atoms with Crippen molar-refractivity contribution < 1.29 is 0 Å². The Kier molecular flexibility index (Phi) is 9.96. The summed E-state index contributed by atoms with van der Waals surface area (Å²) < 4.78 is 2.88. The van der Waals surface area contributed by atoms with E-state index in [0.29, 0.717) is 19.6 Å². The second kappa shape index (κ2) is 13.6. The molecule has 2 aromatic carbocycles. The smallest absolute Gasteiger partial charge is 0.271 e. The first-order chi connectivity index (χ1) is 18.2. The second-order valence-electron chi connectivity index (χ2n) is 7.62. The van der Waals surface area contributed by atoms with Crippen LogP contribution in [0.1, 0.15) is 55.8 Å². The fraction of sp³-hybridized carbons (Fsp3) is 0.241. The molecule has 0 fully saturated rings. The number of fused-ring (bicyclic) bond motifs is 2. The van der Waals surface area contributed by atoms with Gasteiger partial charge in [-0.15, -0.1) is 0 Å². The number of nitrogens with zero attached hydrogens (tertiary/aromatic N) is 6. The van der Waals surface area contributed by atoms with Gasteiger partial charge in [0.15, 0.2) is 0 Å². The van der Waals surface area contributed by atoms with Gasteiger partial charge in [-0.05, 0) is 17.7 Å². The van der Waals surface area contributed by atoms with Crippen LogP contribution in [-0.2, 0) is 19.6 Å². The lowest BCUT2D eigenvalue weighted by Gasteiger charge is -2.05. The summed E-state index contributed by atoms with van der Waals surface area (Å²) in [4.78, 5) is 31.8. The van der Waals surface area contributed by atoms with E-state index in [-0.39, 0.29) is 11.1 Å². The third-order valence-corrected chi connectivity index (χ3v) is 5.28. The zero-order valence-electron chi connectivity index (χ0n) is 21.7. The molecule has 6 rings (SSSR count). The van der Waals surface area contributed by atoms with Crippen LogP contribution in [0.15, 0.2) is 92.4 Å². The summed E-state index contributed by atoms with van der Waals surface area (Å²) in [7, 11) is 0. The molecule has 4 heterocycles. The minimum atomic E-state index is -0.115. The van der Waals surface area contributed by atoms with Gasteiger partial charge in [-0.2, -0.15) is 14.9 Å². The molecule has 0 aliphatic carbocycles. The Morgan fingerprint density at radius 3 is 1.78 bits per heavy atom. The SMILES string of the molecule is CC.CC.O=c1cc2c(nn1-c1ccccc1)C=NC2.O=c1cc2c(nn1Cc1ccccc1)C=NC2. The quantitative estimate of drug-likeness (QED) is 0.419. The Morgan fingerprint density at radius 2 is 1.19 bits per heavy atom. The number of rotatable bonds is 3. The summed E-state index contributed by atoms with van der Waals surface area (Å²) in [6, 6.07) is 22.4. The van der Waals surface area contributed by atoms with E-state index in [1.807, 2.05) is 88.4 Å². The summed E-state index contributed by atoms with van der Waals surface area (Å²) in [6.45, 7) is 9.64. The van der Waals surface area contributed by atoms with Crippen LogP contribution < -0.4 is 11.1 Å². The molecule has 0 N–H and O–H groups in total. The predicted molar refractivity (Wildman–Crippen MR) is 149 cm³/mol. The first kappa shape index (κ1) is 27.1. The van der Waals surface area contributed by atoms with Gasteiger partial charge in [0.2, 0.25) is 0 Å². The fourth-order valence-electron chi connectivity index (χ4n) is 3.60. The van der Waals surface area contributed by atoms with Gasteiger partial charge < -0.3 is 0 Å². The van der Waals surface area contributed by atoms with Crippen molar-refractivity contribution in [3.05, 3.63) is 122 Å². The highest BCUT2D eigenvalue weighted by molar-refractivity contribution is 5.81. The number of benzene rings is 2. The topological polar surface area (TPSA) is 94.5 Å². The minimum absolute atomic E-state index is 0.0712. The molecular weight excluding hydrogens is 464 g/mol. The number of para-hydroxylation sites is 1. The number of aliphatic imine (C=N–C) groups is 2. The van der Waals surface area contributed by atoms with Crippen molar-refractivity contribution in [2.75, 3.05) is 0 Å². The van der Waals surface area contributed by atoms with Gasteiger partial charge in [0.05, 0.1) is 25.3 Å². The predicted octanol–water partition coefficient (Wildman–Crippen LogP) is 4.44. The van der Waals surface area contributed by atoms with E-state index in [4.69, 9.17) is 0 Å². The molecule has 4 aromatic rings. The lowest BCUT2D eigenvalue weighted by atomic mass is 10.2. The van der Waals surface area contributed by atoms with Crippen LogP contribution in [0.3, 0.4) is 0 Å². The monoisotopic (exact) mass is 496 g/mol. The number of aromatic nitrogens is 4. The van der Waals surface area contributed by atoms with Crippen LogP contribution in [0.4, 0.5) is 0 Å². The lowest BCUT2D eigenvalue weighted by molar-refractivity contribution is 0.634. The van der Waals surface area contributed by atoms with E-state index in [0.717, 1.165) is 33.8 Å². The molecule has 2 aliphatic heterocycles. The Bertz CT molecular complexity index is 1470. The van der Waals surface area contributed by atoms with Gasteiger partial charge >= 0.3 is 0 Å². The van der Waals surface area contributed by atoms with Crippen molar-refractivity contribution in [3.8, 4) is 5.69 Å². The van der Waals surface area contributed by atoms with Crippen LogP contribution in [0, 0.1) is 0 Å². The maximum Gasteiger partial charge on any atom is 0.271 e. The maximum atomic E-state index is 11.8. The molecular formula is C29H32N6O2. The van der Waals surface area contributed by atoms with Gasteiger partial charge in [0, 0.05) is 35.7 Å². The van der Waals surface area contributed by atoms with E-state index < -0.39 is 0 Å². The molecule has 2 aliphatic rings. The van der Waals surface area contributed by atoms with Crippen LogP contribution in [-0.4, -0.2) is 32.0 Å². The molecule has 0 amide bonds. The summed E-state index contributed by atoms with van der Waals surface area (Å²) in [5.41, 5.74) is 5.06. The average Bonchev–Trinajstić information content (AvgIpc) is 3.61. The first-order valence-electron chi connectivity index (χ1n) is 12.5. The highest BCUT2D eigenvalue weighted by Crippen LogP contribution is 2.11. The van der Waals surface area contributed by atoms with Gasteiger partial charge in [0.25, 0.3) is 11.1 Å². The van der Waals surface area contributed by atoms with Crippen molar-refractivity contribution in [2.45, 2.75) is 47.3 Å². The highest BCUT2D eigenvalue weighted by atomic mass is 16.1. The summed E-state index contributed by atoms with van der Waals surface area (Å²) >= 11 is 0. The van der Waals surface area contributed by atoms with E-state index in [1.54, 1.807) is 24.6 Å². The van der Waals surface area contributed by atoms with Crippen molar-refractivity contribution in [3.63, 3.8) is 0 Å². The highest BCUT2D eigenvalue weighted by Gasteiger charge is 2.12. The first-order valence-corrected chi connectivity index (χ1v) is 12.5. The van der Waals surface area contributed by atoms with E-state index in [9.17, 15) is 9.59 Å². The summed E-state index contributed by atoms with van der Waals surface area (Å²) in [5.74, 6) is 0. The van der Waals surface area contributed by atoms with Gasteiger partial charge in [-0.3, -0.25) is 19.6 Å². The molecule has 0 atom stereocenters. The van der Waals surface area contributed by atoms with Crippen molar-refractivity contribution in [1.29, 1.82) is 0 Å². The van der Waals surface area contributed by atoms with Crippen LogP contribution in [0.5, 0.6) is 0 Å². The molecule has 0 saturated heterocycles. The Hall–Kier alpha value is -4.46. The zero-order valence-corrected chi connectivity index (χ0v) is 21.7. The van der Waals surface area contributed by atoms with Crippen LogP contribution in [0.2, 0.25) is 0 Å². The van der Waals surface area contributed by atoms with E-state index in [1.165, 1.54) is 9.36 Å². The van der Waals surface area contributed by atoms with Crippen LogP contribution in [0.25, 0.3) is 5.69 Å². The Labute approximate surface area is 216 Å². The van der Waals surface area contributed by atoms with Crippen LogP contribution >= 0.6 is 0 Å². The molecule has 8 nitrogen and oxygen atoms in total. The van der Waals surface area contributed by atoms with Crippen molar-refractivity contribution in [1.82, 2.24) is 19.6 Å². The molecule has 8 heteroatoms. The third-order valence-electron chi connectivity index (χ3n) is 5.28. The summed E-state index contributed by atoms with van der Waals surface area (Å²) in [6.07, 6.45) is 3.42. The molecule has 0 unspecified atom stereocenters. The van der Waals surface area contributed by atoms with E-state index in [2.05, 4.69) is 20.2 Å². The van der Waals surface area contributed by atoms with Crippen molar-refractivity contribution in [2.24, 2.45) is 9.98 Å². The largest absolute Gasteiger partial charge is 0.286 e. The summed E-state index contributed by atoms with van der Waals surface area (Å²) in [5, 5.41) is 8.58. The molecule has 0 saturated carbocycles. The second-order valence-corrected chi connectivity index (χ2v) is 7.62. The Morgan fingerprint density at radius 1 is 0.676 bits per heavy atom. The maximum absolute atomic E-state index is 11.8. The molecule has 0 radical (unpaired) electrons. The average molecular weight is 497 g/mol. The molecule has 0 bridgehead atoms. The number of hydrogen-bond donors (Lipinski definition) is 0. The number of hydrogen-bond acceptors (Lipinski definition) is 6. The normalized spacial score (nSPS) is 11.7. The standard InChI is InChI=1S/C13H11N3O.C12H9N3O.2C2H6/c17-13-6-11-7-14-8-12(11)15-16(13)9-10-4-2-1-3-5-10;16-12-6-9-7-13-8-11(9)14-15(12)10-4-2-1-3-5-10;2*1-2/h1-6,8H,7,9H2;1-6,8H,7H2;2*1-2H3.